The average molecular weight is 301 g/mol. The lowest BCUT2D eigenvalue weighted by atomic mass is 10.1. The molecule has 1 aliphatic rings. The van der Waals surface area contributed by atoms with Gasteiger partial charge in [-0.25, -0.2) is 9.18 Å². The van der Waals surface area contributed by atoms with Gasteiger partial charge in [-0.2, -0.15) is 0 Å². The van der Waals surface area contributed by atoms with Crippen molar-refractivity contribution in [2.24, 2.45) is 0 Å². The second-order valence-corrected chi connectivity index (χ2v) is 5.32. The van der Waals surface area contributed by atoms with E-state index in [-0.39, 0.29) is 18.3 Å². The quantitative estimate of drug-likeness (QED) is 0.883. The first-order valence-electron chi connectivity index (χ1n) is 7.25. The topological polar surface area (TPSA) is 62.3 Å². The maximum atomic E-state index is 13.8. The summed E-state index contributed by atoms with van der Waals surface area (Å²) in [6.45, 7) is 2.05. The van der Waals surface area contributed by atoms with Gasteiger partial charge in [-0.3, -0.25) is 14.7 Å². The van der Waals surface area contributed by atoms with Gasteiger partial charge in [0, 0.05) is 11.6 Å². The second-order valence-electron chi connectivity index (χ2n) is 5.32. The first-order valence-corrected chi connectivity index (χ1v) is 7.25. The van der Waals surface area contributed by atoms with Crippen molar-refractivity contribution < 1.29 is 14.0 Å². The SMILES string of the molecule is CCCC1NC(=O)N(Cc2ccc(F)c3cccnc23)C1=O. The highest BCUT2D eigenvalue weighted by molar-refractivity contribution is 6.04. The van der Waals surface area contributed by atoms with Gasteiger partial charge >= 0.3 is 6.03 Å². The number of carbonyl (C=O) groups excluding carboxylic acids is 2. The number of nitrogens with one attached hydrogen (secondary N) is 1. The first-order chi connectivity index (χ1) is 10.6. The molecule has 1 fully saturated rings. The van der Waals surface area contributed by atoms with Crippen LogP contribution in [0.15, 0.2) is 30.5 Å². The summed E-state index contributed by atoms with van der Waals surface area (Å²) in [5.41, 5.74) is 1.12. The van der Waals surface area contributed by atoms with Crippen LogP contribution in [0.2, 0.25) is 0 Å². The van der Waals surface area contributed by atoms with E-state index in [0.29, 0.717) is 22.9 Å². The minimum atomic E-state index is -0.461. The number of carbonyl (C=O) groups is 2. The number of fused-ring (bicyclic) bond motifs is 1. The molecule has 114 valence electrons. The van der Waals surface area contributed by atoms with Gasteiger partial charge in [0.25, 0.3) is 5.91 Å². The number of halogens is 1. The molecule has 1 N–H and O–H groups in total. The molecular weight excluding hydrogens is 285 g/mol. The molecule has 0 aliphatic carbocycles. The lowest BCUT2D eigenvalue weighted by molar-refractivity contribution is -0.128. The summed E-state index contributed by atoms with van der Waals surface area (Å²) in [5.74, 6) is -0.604. The van der Waals surface area contributed by atoms with Crippen LogP contribution in [-0.2, 0) is 11.3 Å². The van der Waals surface area contributed by atoms with Crippen LogP contribution in [0.5, 0.6) is 0 Å². The first kappa shape index (κ1) is 14.4. The van der Waals surface area contributed by atoms with Crippen LogP contribution >= 0.6 is 0 Å². The van der Waals surface area contributed by atoms with Gasteiger partial charge in [0.15, 0.2) is 0 Å². The molecule has 5 nitrogen and oxygen atoms in total. The number of amides is 3. The molecule has 0 bridgehead atoms. The summed E-state index contributed by atoms with van der Waals surface area (Å²) in [5, 5.41) is 3.06. The zero-order valence-corrected chi connectivity index (χ0v) is 12.2. The van der Waals surface area contributed by atoms with Crippen molar-refractivity contribution >= 4 is 22.8 Å². The number of urea groups is 1. The van der Waals surface area contributed by atoms with Crippen molar-refractivity contribution in [1.29, 1.82) is 0 Å². The van der Waals surface area contributed by atoms with E-state index >= 15 is 0 Å². The minimum absolute atomic E-state index is 0.0959. The summed E-state index contributed by atoms with van der Waals surface area (Å²) in [6, 6.07) is 5.32. The number of pyridine rings is 1. The molecule has 1 atom stereocenters. The molecule has 0 saturated carbocycles. The van der Waals surface area contributed by atoms with E-state index in [9.17, 15) is 14.0 Å². The fraction of sp³-hybridized carbons (Fsp3) is 0.312. The monoisotopic (exact) mass is 301 g/mol. The average Bonchev–Trinajstić information content (AvgIpc) is 2.78. The highest BCUT2D eigenvalue weighted by atomic mass is 19.1. The molecule has 2 aromatic rings. The Morgan fingerprint density at radius 2 is 2.14 bits per heavy atom. The molecule has 2 heterocycles. The molecule has 0 spiro atoms. The molecule has 3 amide bonds. The van der Waals surface area contributed by atoms with E-state index < -0.39 is 12.1 Å². The van der Waals surface area contributed by atoms with E-state index in [1.54, 1.807) is 24.4 Å². The van der Waals surface area contributed by atoms with E-state index in [0.717, 1.165) is 6.42 Å². The Morgan fingerprint density at radius 3 is 2.91 bits per heavy atom. The van der Waals surface area contributed by atoms with Gasteiger partial charge in [-0.15, -0.1) is 0 Å². The molecule has 1 saturated heterocycles. The fourth-order valence-corrected chi connectivity index (χ4v) is 2.71. The summed E-state index contributed by atoms with van der Waals surface area (Å²) in [4.78, 5) is 29.6. The number of aromatic nitrogens is 1. The molecule has 3 rings (SSSR count). The molecule has 1 aromatic heterocycles. The Bertz CT molecular complexity index is 747. The van der Waals surface area contributed by atoms with Gasteiger partial charge < -0.3 is 5.32 Å². The Kier molecular flexibility index (Phi) is 3.75. The highest BCUT2D eigenvalue weighted by Crippen LogP contribution is 2.22. The van der Waals surface area contributed by atoms with Gasteiger partial charge in [-0.1, -0.05) is 19.4 Å². The largest absolute Gasteiger partial charge is 0.326 e. The molecule has 1 aromatic carbocycles. The molecule has 6 heteroatoms. The van der Waals surface area contributed by atoms with E-state index in [4.69, 9.17) is 0 Å². The summed E-state index contributed by atoms with van der Waals surface area (Å²) < 4.78 is 13.8. The van der Waals surface area contributed by atoms with E-state index in [2.05, 4.69) is 10.3 Å². The smallest absolute Gasteiger partial charge is 0.325 e. The predicted octanol–water partition coefficient (Wildman–Crippen LogP) is 2.59. The van der Waals surface area contributed by atoms with Crippen LogP contribution in [0.3, 0.4) is 0 Å². The lowest BCUT2D eigenvalue weighted by Gasteiger charge is -2.14. The normalized spacial score (nSPS) is 18.1. The Balaban J connectivity index is 1.92. The minimum Gasteiger partial charge on any atom is -0.326 e. The summed E-state index contributed by atoms with van der Waals surface area (Å²) in [6.07, 6.45) is 2.99. The van der Waals surface area contributed by atoms with Crippen LogP contribution in [0.4, 0.5) is 9.18 Å². The maximum absolute atomic E-state index is 13.8. The van der Waals surface area contributed by atoms with Crippen LogP contribution < -0.4 is 5.32 Å². The summed E-state index contributed by atoms with van der Waals surface area (Å²) in [7, 11) is 0. The van der Waals surface area contributed by atoms with Crippen molar-refractivity contribution in [3.8, 4) is 0 Å². The highest BCUT2D eigenvalue weighted by Gasteiger charge is 2.37. The Labute approximate surface area is 127 Å². The van der Waals surface area contributed by atoms with Crippen LogP contribution in [0, 0.1) is 5.82 Å². The number of benzene rings is 1. The molecule has 1 unspecified atom stereocenters. The van der Waals surface area contributed by atoms with Crippen LogP contribution in [0.1, 0.15) is 25.3 Å². The summed E-state index contributed by atoms with van der Waals surface area (Å²) >= 11 is 0. The van der Waals surface area contributed by atoms with Crippen LogP contribution in [0.25, 0.3) is 10.9 Å². The van der Waals surface area contributed by atoms with Crippen molar-refractivity contribution in [3.05, 3.63) is 41.8 Å². The molecular formula is C16H16FN3O2. The Morgan fingerprint density at radius 1 is 1.32 bits per heavy atom. The van der Waals surface area contributed by atoms with Crippen molar-refractivity contribution in [3.63, 3.8) is 0 Å². The second kappa shape index (κ2) is 5.71. The number of imide groups is 1. The number of hydrogen-bond acceptors (Lipinski definition) is 3. The van der Waals surface area contributed by atoms with Crippen molar-refractivity contribution in [1.82, 2.24) is 15.2 Å². The Hall–Kier alpha value is -2.50. The number of hydrogen-bond donors (Lipinski definition) is 1. The van der Waals surface area contributed by atoms with Crippen molar-refractivity contribution in [2.45, 2.75) is 32.4 Å². The van der Waals surface area contributed by atoms with E-state index in [1.165, 1.54) is 11.0 Å². The van der Waals surface area contributed by atoms with Crippen LogP contribution in [-0.4, -0.2) is 27.9 Å². The lowest BCUT2D eigenvalue weighted by Crippen LogP contribution is -2.31. The third-order valence-corrected chi connectivity index (χ3v) is 3.81. The zero-order chi connectivity index (χ0) is 15.7. The maximum Gasteiger partial charge on any atom is 0.325 e. The molecule has 0 radical (unpaired) electrons. The number of nitrogens with zero attached hydrogens (tertiary/aromatic N) is 2. The fourth-order valence-electron chi connectivity index (χ4n) is 2.71. The van der Waals surface area contributed by atoms with E-state index in [1.807, 2.05) is 6.92 Å². The van der Waals surface area contributed by atoms with Gasteiger partial charge in [-0.05, 0) is 30.2 Å². The van der Waals surface area contributed by atoms with Gasteiger partial charge in [0.05, 0.1) is 12.1 Å². The molecule has 1 aliphatic heterocycles. The van der Waals surface area contributed by atoms with Crippen molar-refractivity contribution in [2.75, 3.05) is 0 Å². The van der Waals surface area contributed by atoms with Gasteiger partial charge in [0.2, 0.25) is 0 Å². The number of rotatable bonds is 4. The van der Waals surface area contributed by atoms with Gasteiger partial charge in [0.1, 0.15) is 11.9 Å². The zero-order valence-electron chi connectivity index (χ0n) is 12.2. The third kappa shape index (κ3) is 2.41. The third-order valence-electron chi connectivity index (χ3n) is 3.81. The predicted molar refractivity (Wildman–Crippen MR) is 79.5 cm³/mol. The molecule has 22 heavy (non-hydrogen) atoms. The standard InChI is InChI=1S/C16H16FN3O2/c1-2-4-13-15(21)20(16(22)19-13)9-10-6-7-12(17)11-5-3-8-18-14(10)11/h3,5-8,13H,2,4,9H2,1H3,(H,19,22).